The van der Waals surface area contributed by atoms with Crippen LogP contribution in [-0.2, 0) is 20.4 Å². The van der Waals surface area contributed by atoms with Crippen molar-refractivity contribution in [1.29, 1.82) is 0 Å². The number of methoxy groups -OCH3 is 1. The van der Waals surface area contributed by atoms with Crippen molar-refractivity contribution < 1.29 is 36.8 Å². The predicted octanol–water partition coefficient (Wildman–Crippen LogP) is 3.86. The summed E-state index contributed by atoms with van der Waals surface area (Å²) in [6.07, 6.45) is 2.91. The Morgan fingerprint density at radius 2 is 1.96 bits per heavy atom. The summed E-state index contributed by atoms with van der Waals surface area (Å²) in [4.78, 5) is 41.5. The number of quaternary nitrogens is 1. The summed E-state index contributed by atoms with van der Waals surface area (Å²) in [5.74, 6) is 6.53. The molecule has 14 heteroatoms. The highest BCUT2D eigenvalue weighted by Crippen LogP contribution is 2.40. The highest BCUT2D eigenvalue weighted by atomic mass is 19.4. The van der Waals surface area contributed by atoms with Gasteiger partial charge in [0.15, 0.2) is 0 Å². The molecule has 0 aliphatic carbocycles. The van der Waals surface area contributed by atoms with Crippen LogP contribution in [0.15, 0.2) is 76.4 Å². The molecule has 1 unspecified atom stereocenters. The number of nitrogens with zero attached hydrogens (tertiary/aromatic N) is 5. The van der Waals surface area contributed by atoms with Gasteiger partial charge in [-0.25, -0.2) is 4.98 Å². The van der Waals surface area contributed by atoms with Crippen LogP contribution in [0.2, 0.25) is 0 Å². The van der Waals surface area contributed by atoms with E-state index in [1.54, 1.807) is 50.0 Å². The van der Waals surface area contributed by atoms with Crippen molar-refractivity contribution in [1.82, 2.24) is 9.88 Å². The molecule has 5 heterocycles. The first-order valence-corrected chi connectivity index (χ1v) is 14.5. The summed E-state index contributed by atoms with van der Waals surface area (Å²) in [6.45, 7) is 3.56. The number of halogens is 3. The van der Waals surface area contributed by atoms with E-state index < -0.39 is 23.1 Å². The zero-order valence-corrected chi connectivity index (χ0v) is 24.8. The molecule has 3 N–H and O–H groups in total. The van der Waals surface area contributed by atoms with Crippen LogP contribution in [0.5, 0.6) is 0 Å². The molecule has 1 aromatic carbocycles. The van der Waals surface area contributed by atoms with Crippen LogP contribution in [-0.4, -0.2) is 77.9 Å². The van der Waals surface area contributed by atoms with Crippen LogP contribution in [0.1, 0.15) is 41.3 Å². The molecule has 6 rings (SSSR count). The van der Waals surface area contributed by atoms with Crippen molar-refractivity contribution in [3.63, 3.8) is 0 Å². The van der Waals surface area contributed by atoms with Crippen LogP contribution in [0.3, 0.4) is 0 Å². The maximum absolute atomic E-state index is 13.6. The molecular formula is C31H33F3N7O4+. The molecule has 1 aromatic heterocycles. The van der Waals surface area contributed by atoms with E-state index in [4.69, 9.17) is 20.3 Å². The number of rotatable bonds is 7. The van der Waals surface area contributed by atoms with E-state index in [0.29, 0.717) is 43.5 Å². The monoisotopic (exact) mass is 624 g/mol. The average Bonchev–Trinajstić information content (AvgIpc) is 3.32. The Balaban J connectivity index is 1.25. The van der Waals surface area contributed by atoms with Gasteiger partial charge in [-0.2, -0.15) is 24.0 Å². The Kier molecular flexibility index (Phi) is 7.93. The number of hydrogen-bond donors (Lipinski definition) is 2. The van der Waals surface area contributed by atoms with Crippen LogP contribution >= 0.6 is 0 Å². The van der Waals surface area contributed by atoms with E-state index >= 15 is 0 Å². The zero-order chi connectivity index (χ0) is 32.0. The summed E-state index contributed by atoms with van der Waals surface area (Å²) in [7, 11) is 1.63. The second-order valence-corrected chi connectivity index (χ2v) is 11.9. The fourth-order valence-electron chi connectivity index (χ4n) is 6.08. The van der Waals surface area contributed by atoms with E-state index in [9.17, 15) is 22.8 Å². The normalized spacial score (nSPS) is 25.5. The number of likely N-dealkylation sites (tertiary alicyclic amines) is 1. The van der Waals surface area contributed by atoms with Crippen LogP contribution in [0.25, 0.3) is 0 Å². The Bertz CT molecular complexity index is 1630. The van der Waals surface area contributed by atoms with Gasteiger partial charge in [0.25, 0.3) is 11.7 Å². The van der Waals surface area contributed by atoms with E-state index in [2.05, 4.69) is 15.3 Å². The largest absolute Gasteiger partial charge is 0.416 e. The predicted molar refractivity (Wildman–Crippen MR) is 158 cm³/mol. The third kappa shape index (κ3) is 5.70. The molecule has 2 amide bonds. The Labute approximate surface area is 257 Å². The van der Waals surface area contributed by atoms with Gasteiger partial charge in [-0.15, -0.1) is 4.59 Å². The lowest BCUT2D eigenvalue weighted by Crippen LogP contribution is -2.59. The molecule has 2 aromatic rings. The second-order valence-electron chi connectivity index (χ2n) is 11.9. The SMILES string of the molecule is COC[C@@H]1CC[C@H](C2=C3C=NC=C[N+]3(N)C(c3ccc(C(=O)Nc4cc(C(F)(F)F)ccn4)cc3)=N2)CN1C(=O)C1(C)COC1. The first kappa shape index (κ1) is 30.8. The number of aliphatic imine (C=N–C) groups is 2. The highest BCUT2D eigenvalue weighted by Gasteiger charge is 2.50. The third-order valence-electron chi connectivity index (χ3n) is 8.63. The summed E-state index contributed by atoms with van der Waals surface area (Å²) >= 11 is 0. The van der Waals surface area contributed by atoms with Crippen LogP contribution in [0.4, 0.5) is 19.0 Å². The van der Waals surface area contributed by atoms with Gasteiger partial charge in [0.05, 0.1) is 54.8 Å². The molecule has 4 aliphatic heterocycles. The number of carbonyl (C=O) groups is 2. The van der Waals surface area contributed by atoms with E-state index in [1.165, 1.54) is 0 Å². The molecule has 4 aliphatic rings. The fraction of sp³-hybridized carbons (Fsp3) is 0.387. The number of alkyl halides is 3. The lowest BCUT2D eigenvalue weighted by Gasteiger charge is -2.46. The van der Waals surface area contributed by atoms with Crippen LogP contribution in [0, 0.1) is 11.3 Å². The van der Waals surface area contributed by atoms with Gasteiger partial charge >= 0.3 is 6.18 Å². The number of anilines is 1. The number of pyridine rings is 1. The van der Waals surface area contributed by atoms with Crippen molar-refractivity contribution in [2.24, 2.45) is 27.2 Å². The molecule has 0 bridgehead atoms. The summed E-state index contributed by atoms with van der Waals surface area (Å²) in [5.41, 5.74) is 0.793. The Hall–Kier alpha value is -4.24. The van der Waals surface area contributed by atoms with Gasteiger partial charge in [-0.3, -0.25) is 14.6 Å². The molecule has 0 spiro atoms. The molecule has 236 valence electrons. The lowest BCUT2D eigenvalue weighted by molar-refractivity contribution is -0.750. The van der Waals surface area contributed by atoms with E-state index in [0.717, 1.165) is 36.9 Å². The average molecular weight is 625 g/mol. The number of piperidine rings is 1. The van der Waals surface area contributed by atoms with Gasteiger partial charge < -0.3 is 19.7 Å². The Morgan fingerprint density at radius 3 is 2.62 bits per heavy atom. The lowest BCUT2D eigenvalue weighted by atomic mass is 9.83. The number of amides is 2. The number of hydrogen-bond acceptors (Lipinski definition) is 8. The maximum atomic E-state index is 13.6. The van der Waals surface area contributed by atoms with Crippen molar-refractivity contribution in [3.05, 3.63) is 83.1 Å². The number of carbonyl (C=O) groups excluding carboxylic acids is 2. The number of amidine groups is 1. The van der Waals surface area contributed by atoms with Crippen molar-refractivity contribution in [2.75, 3.05) is 38.8 Å². The van der Waals surface area contributed by atoms with Gasteiger partial charge in [-0.05, 0) is 56.2 Å². The van der Waals surface area contributed by atoms with Crippen molar-refractivity contribution in [2.45, 2.75) is 32.0 Å². The van der Waals surface area contributed by atoms with Crippen molar-refractivity contribution in [3.8, 4) is 0 Å². The number of ether oxygens (including phenoxy) is 2. The number of aromatic nitrogens is 1. The fourth-order valence-corrected chi connectivity index (χ4v) is 6.08. The van der Waals surface area contributed by atoms with Gasteiger partial charge in [0, 0.05) is 31.3 Å². The maximum Gasteiger partial charge on any atom is 0.416 e. The molecule has 45 heavy (non-hydrogen) atoms. The second kappa shape index (κ2) is 11.6. The smallest absolute Gasteiger partial charge is 0.383 e. The zero-order valence-electron chi connectivity index (χ0n) is 24.8. The Morgan fingerprint density at radius 1 is 1.20 bits per heavy atom. The molecule has 11 nitrogen and oxygen atoms in total. The number of nitrogens with one attached hydrogen (secondary N) is 1. The highest BCUT2D eigenvalue weighted by molar-refractivity contribution is 6.05. The number of fused-ring (bicyclic) bond motifs is 1. The quantitative estimate of drug-likeness (QED) is 0.355. The molecular weight excluding hydrogens is 591 g/mol. The summed E-state index contributed by atoms with van der Waals surface area (Å²) in [6, 6.07) is 8.01. The minimum Gasteiger partial charge on any atom is -0.383 e. The first-order valence-electron chi connectivity index (χ1n) is 14.5. The molecule has 2 saturated heterocycles. The number of allylic oxidation sites excluding steroid dienone is 1. The third-order valence-corrected chi connectivity index (χ3v) is 8.63. The topological polar surface area (TPSA) is 132 Å². The van der Waals surface area contributed by atoms with E-state index in [-0.39, 0.29) is 33.8 Å². The van der Waals surface area contributed by atoms with Gasteiger partial charge in [0.2, 0.25) is 11.6 Å². The molecule has 0 saturated carbocycles. The van der Waals surface area contributed by atoms with E-state index in [1.807, 2.05) is 11.8 Å². The van der Waals surface area contributed by atoms with Crippen LogP contribution < -0.4 is 11.2 Å². The first-order chi connectivity index (χ1) is 21.4. The van der Waals surface area contributed by atoms with Gasteiger partial charge in [0.1, 0.15) is 17.7 Å². The molecule has 2 fully saturated rings. The van der Waals surface area contributed by atoms with Gasteiger partial charge in [-0.1, -0.05) is 0 Å². The number of benzene rings is 1. The minimum atomic E-state index is -4.56. The standard InChI is InChI=1S/C31H32F3N7O4/c1-30(17-45-18-30)29(43)40-15-21(7-8-23(40)16-44-2)26-24-14-36-11-12-41(24,35)27(39-26)19-3-5-20(6-4-19)28(42)38-25-13-22(9-10-37-25)31(32,33)34/h3-6,9-14,21,23H,7-8,15-18,35H2,1-2H3/p+1/t21-,23-,41?/m0/s1. The molecule has 0 radical (unpaired) electrons. The summed E-state index contributed by atoms with van der Waals surface area (Å²) < 4.78 is 49.8. The number of nitrogens with two attached hydrogens (primary N) is 1. The minimum absolute atomic E-state index is 0.0354. The molecule has 3 atom stereocenters. The summed E-state index contributed by atoms with van der Waals surface area (Å²) in [5, 5.41) is 2.41. The van der Waals surface area contributed by atoms with Crippen molar-refractivity contribution >= 4 is 29.7 Å².